The molecule has 1 aromatic rings. The Balaban J connectivity index is 2.33. The first-order chi connectivity index (χ1) is 11.4. The zero-order valence-electron chi connectivity index (χ0n) is 15.3. The first kappa shape index (κ1) is 19.3. The number of aryl methyl sites for hydroxylation is 2. The summed E-state index contributed by atoms with van der Waals surface area (Å²) in [5.74, 6) is 0.706. The van der Waals surface area contributed by atoms with Gasteiger partial charge in [0.25, 0.3) is 0 Å². The number of hydrogen-bond acceptors (Lipinski definition) is 3. The third-order valence-corrected chi connectivity index (χ3v) is 7.10. The standard InChI is InChI=1S/C18H29BNO3S/c1-14-12-17(23-4)13-15(2)18(14)24(21,22)20-11-6-5-8-16(20)9-7-10-19-3/h12-13,16H,5-11H2,1-4H3. The van der Waals surface area contributed by atoms with Crippen LogP contribution < -0.4 is 4.74 Å². The molecule has 1 heterocycles. The van der Waals surface area contributed by atoms with Gasteiger partial charge in [0.1, 0.15) is 13.0 Å². The van der Waals surface area contributed by atoms with Crippen molar-refractivity contribution in [1.29, 1.82) is 0 Å². The number of piperidine rings is 1. The van der Waals surface area contributed by atoms with Crippen LogP contribution >= 0.6 is 0 Å². The van der Waals surface area contributed by atoms with E-state index >= 15 is 0 Å². The molecule has 1 aliphatic rings. The molecule has 0 bridgehead atoms. The van der Waals surface area contributed by atoms with Crippen LogP contribution in [0.3, 0.4) is 0 Å². The summed E-state index contributed by atoms with van der Waals surface area (Å²) in [4.78, 5) is 0.456. The van der Waals surface area contributed by atoms with Crippen LogP contribution in [0.15, 0.2) is 17.0 Å². The molecule has 1 atom stereocenters. The Morgan fingerprint density at radius 2 is 1.92 bits per heavy atom. The second-order valence-corrected chi connectivity index (χ2v) is 8.52. The maximum atomic E-state index is 13.3. The third-order valence-electron chi connectivity index (χ3n) is 4.84. The van der Waals surface area contributed by atoms with Gasteiger partial charge in [-0.25, -0.2) is 8.42 Å². The number of benzene rings is 1. The number of hydrogen-bond donors (Lipinski definition) is 0. The zero-order valence-corrected chi connectivity index (χ0v) is 16.2. The third kappa shape index (κ3) is 4.15. The van der Waals surface area contributed by atoms with Crippen LogP contribution in [0.2, 0.25) is 13.1 Å². The summed E-state index contributed by atoms with van der Waals surface area (Å²) in [7, 11) is 0.290. The first-order valence-corrected chi connectivity index (χ1v) is 10.3. The molecule has 6 heteroatoms. The van der Waals surface area contributed by atoms with E-state index in [0.29, 0.717) is 17.2 Å². The second kappa shape index (κ2) is 8.39. The van der Waals surface area contributed by atoms with E-state index < -0.39 is 10.0 Å². The lowest BCUT2D eigenvalue weighted by atomic mass is 9.76. The van der Waals surface area contributed by atoms with Crippen LogP contribution in [0, 0.1) is 13.8 Å². The van der Waals surface area contributed by atoms with Crippen LogP contribution in [0.4, 0.5) is 0 Å². The highest BCUT2D eigenvalue weighted by atomic mass is 32.2. The minimum atomic E-state index is -3.47. The summed E-state index contributed by atoms with van der Waals surface area (Å²) in [6, 6.07) is 3.75. The predicted octanol–water partition coefficient (Wildman–Crippen LogP) is 3.81. The summed E-state index contributed by atoms with van der Waals surface area (Å²) in [5.41, 5.74) is 1.52. The summed E-state index contributed by atoms with van der Waals surface area (Å²) in [5, 5.41) is 0. The van der Waals surface area contributed by atoms with Gasteiger partial charge in [-0.15, -0.1) is 0 Å². The molecule has 2 rings (SSSR count). The lowest BCUT2D eigenvalue weighted by molar-refractivity contribution is 0.239. The van der Waals surface area contributed by atoms with Gasteiger partial charge >= 0.3 is 0 Å². The second-order valence-electron chi connectivity index (χ2n) is 6.69. The van der Waals surface area contributed by atoms with Crippen LogP contribution in [0.5, 0.6) is 5.75 Å². The Hall–Kier alpha value is -1.01. The van der Waals surface area contributed by atoms with Gasteiger partial charge in [-0.3, -0.25) is 0 Å². The Bertz CT molecular complexity index is 637. The molecule has 1 radical (unpaired) electrons. The molecule has 1 fully saturated rings. The highest BCUT2D eigenvalue weighted by molar-refractivity contribution is 7.89. The molecule has 0 aromatic heterocycles. The Morgan fingerprint density at radius 3 is 2.50 bits per heavy atom. The van der Waals surface area contributed by atoms with E-state index in [-0.39, 0.29) is 6.04 Å². The normalized spacial score (nSPS) is 19.2. The van der Waals surface area contributed by atoms with Gasteiger partial charge in [-0.2, -0.15) is 4.31 Å². The largest absolute Gasteiger partial charge is 0.497 e. The Labute approximate surface area is 147 Å². The van der Waals surface area contributed by atoms with Gasteiger partial charge in [-0.1, -0.05) is 26.0 Å². The predicted molar refractivity (Wildman–Crippen MR) is 99.7 cm³/mol. The van der Waals surface area contributed by atoms with Gasteiger partial charge in [0.15, 0.2) is 0 Å². The summed E-state index contributed by atoms with van der Waals surface area (Å²) >= 11 is 0. The van der Waals surface area contributed by atoms with Crippen molar-refractivity contribution in [3.8, 4) is 5.75 Å². The van der Waals surface area contributed by atoms with Crippen LogP contribution in [0.1, 0.15) is 43.2 Å². The molecular formula is C18H29BNO3S. The highest BCUT2D eigenvalue weighted by Gasteiger charge is 2.35. The van der Waals surface area contributed by atoms with Crippen LogP contribution in [-0.2, 0) is 10.0 Å². The van der Waals surface area contributed by atoms with Gasteiger partial charge < -0.3 is 4.74 Å². The number of rotatable bonds is 7. The summed E-state index contributed by atoms with van der Waals surface area (Å²) in [6.45, 7) is 6.40. The molecule has 0 saturated carbocycles. The van der Waals surface area contributed by atoms with Crippen LogP contribution in [0.25, 0.3) is 0 Å². The average molecular weight is 350 g/mol. The van der Waals surface area contributed by atoms with E-state index in [1.807, 2.05) is 26.0 Å². The van der Waals surface area contributed by atoms with E-state index in [1.165, 1.54) is 0 Å². The average Bonchev–Trinajstić information content (AvgIpc) is 2.54. The number of nitrogens with zero attached hydrogens (tertiary/aromatic N) is 1. The molecule has 0 aliphatic carbocycles. The molecule has 1 aromatic carbocycles. The molecule has 1 saturated heterocycles. The first-order valence-electron chi connectivity index (χ1n) is 8.86. The van der Waals surface area contributed by atoms with Crippen molar-refractivity contribution >= 4 is 17.3 Å². The Kier molecular flexibility index (Phi) is 6.75. The highest BCUT2D eigenvalue weighted by Crippen LogP contribution is 2.33. The Morgan fingerprint density at radius 1 is 1.25 bits per heavy atom. The number of methoxy groups -OCH3 is 1. The quantitative estimate of drug-likeness (QED) is 0.555. The molecule has 24 heavy (non-hydrogen) atoms. The fourth-order valence-electron chi connectivity index (χ4n) is 3.69. The monoisotopic (exact) mass is 350 g/mol. The maximum Gasteiger partial charge on any atom is 0.243 e. The minimum Gasteiger partial charge on any atom is -0.497 e. The van der Waals surface area contributed by atoms with Crippen LogP contribution in [-0.4, -0.2) is 39.7 Å². The van der Waals surface area contributed by atoms with Crippen molar-refractivity contribution in [2.75, 3.05) is 13.7 Å². The van der Waals surface area contributed by atoms with Gasteiger partial charge in [-0.05, 0) is 56.4 Å². The maximum absolute atomic E-state index is 13.3. The van der Waals surface area contributed by atoms with Crippen molar-refractivity contribution in [2.45, 2.75) is 70.0 Å². The SMILES string of the molecule is C[B]CCCC1CCCCN1S(=O)(=O)c1c(C)cc(OC)cc1C. The van der Waals surface area contributed by atoms with E-state index in [9.17, 15) is 8.42 Å². The fourth-order valence-corrected chi connectivity index (χ4v) is 5.83. The summed E-state index contributed by atoms with van der Waals surface area (Å²) in [6.07, 6.45) is 6.07. The molecule has 0 spiro atoms. The molecular weight excluding hydrogens is 321 g/mol. The van der Waals surface area contributed by atoms with Gasteiger partial charge in [0, 0.05) is 12.6 Å². The number of ether oxygens (including phenoxy) is 1. The van der Waals surface area contributed by atoms with E-state index in [0.717, 1.165) is 49.6 Å². The smallest absolute Gasteiger partial charge is 0.243 e. The van der Waals surface area contributed by atoms with E-state index in [4.69, 9.17) is 4.74 Å². The topological polar surface area (TPSA) is 46.6 Å². The molecule has 133 valence electrons. The lowest BCUT2D eigenvalue weighted by Crippen LogP contribution is -2.44. The molecule has 1 unspecified atom stereocenters. The lowest BCUT2D eigenvalue weighted by Gasteiger charge is -2.35. The minimum absolute atomic E-state index is 0.129. The van der Waals surface area contributed by atoms with Crippen molar-refractivity contribution in [3.05, 3.63) is 23.3 Å². The van der Waals surface area contributed by atoms with Crippen molar-refractivity contribution in [2.24, 2.45) is 0 Å². The van der Waals surface area contributed by atoms with E-state index in [1.54, 1.807) is 11.4 Å². The fraction of sp³-hybridized carbons (Fsp3) is 0.667. The summed E-state index contributed by atoms with van der Waals surface area (Å²) < 4.78 is 33.7. The molecule has 1 aliphatic heterocycles. The molecule has 4 nitrogen and oxygen atoms in total. The van der Waals surface area contributed by atoms with Crippen molar-refractivity contribution < 1.29 is 13.2 Å². The van der Waals surface area contributed by atoms with Crippen molar-refractivity contribution in [3.63, 3.8) is 0 Å². The molecule has 0 amide bonds. The van der Waals surface area contributed by atoms with Gasteiger partial charge in [0.2, 0.25) is 10.0 Å². The number of sulfonamides is 1. The van der Waals surface area contributed by atoms with Crippen molar-refractivity contribution in [1.82, 2.24) is 4.31 Å². The van der Waals surface area contributed by atoms with Gasteiger partial charge in [0.05, 0.1) is 12.0 Å². The zero-order chi connectivity index (χ0) is 17.7. The molecule has 0 N–H and O–H groups in total. The van der Waals surface area contributed by atoms with E-state index in [2.05, 4.69) is 14.1 Å².